The Labute approximate surface area is 83.6 Å². The van der Waals surface area contributed by atoms with Crippen LogP contribution in [0.15, 0.2) is 11.6 Å². The zero-order chi connectivity index (χ0) is 10.1. The second kappa shape index (κ2) is 8.31. The predicted octanol–water partition coefficient (Wildman–Crippen LogP) is 3.37. The summed E-state index contributed by atoms with van der Waals surface area (Å²) in [6.45, 7) is 7.93. The van der Waals surface area contributed by atoms with Gasteiger partial charge in [0.2, 0.25) is 0 Å². The average Bonchev–Trinajstić information content (AvgIpc) is 2.04. The molecular weight excluding hydrogens is 158 g/mol. The quantitative estimate of drug-likeness (QED) is 0.471. The Kier molecular flexibility index (Phi) is 8.11. The van der Waals surface area contributed by atoms with Gasteiger partial charge in [-0.15, -0.1) is 0 Å². The van der Waals surface area contributed by atoms with Gasteiger partial charge in [0.25, 0.3) is 0 Å². The van der Waals surface area contributed by atoms with Gasteiger partial charge in [-0.1, -0.05) is 31.9 Å². The second-order valence-corrected chi connectivity index (χ2v) is 4.23. The molecule has 0 bridgehead atoms. The third-order valence-corrected chi connectivity index (χ3v) is 2.24. The lowest BCUT2D eigenvalue weighted by molar-refractivity contribution is 0.554. The molecule has 0 aliphatic heterocycles. The van der Waals surface area contributed by atoms with Gasteiger partial charge in [-0.25, -0.2) is 0 Å². The molecule has 13 heavy (non-hydrogen) atoms. The Morgan fingerprint density at radius 1 is 1.38 bits per heavy atom. The van der Waals surface area contributed by atoms with Crippen molar-refractivity contribution in [2.75, 3.05) is 13.6 Å². The largest absolute Gasteiger partial charge is 0.319 e. The van der Waals surface area contributed by atoms with Crippen molar-refractivity contribution in [3.8, 4) is 0 Å². The summed E-state index contributed by atoms with van der Waals surface area (Å²) in [5.41, 5.74) is 1.55. The Morgan fingerprint density at radius 3 is 2.62 bits per heavy atom. The summed E-state index contributed by atoms with van der Waals surface area (Å²) < 4.78 is 0. The maximum absolute atomic E-state index is 3.15. The number of allylic oxidation sites excluding steroid dienone is 1. The lowest BCUT2D eigenvalue weighted by Gasteiger charge is -2.04. The van der Waals surface area contributed by atoms with E-state index in [-0.39, 0.29) is 0 Å². The first-order chi connectivity index (χ1) is 6.16. The van der Waals surface area contributed by atoms with Crippen LogP contribution in [0.1, 0.15) is 46.5 Å². The molecule has 78 valence electrons. The fourth-order valence-electron chi connectivity index (χ4n) is 1.35. The van der Waals surface area contributed by atoms with Crippen LogP contribution in [0.2, 0.25) is 0 Å². The van der Waals surface area contributed by atoms with Crippen LogP contribution in [0, 0.1) is 5.92 Å². The van der Waals surface area contributed by atoms with Crippen LogP contribution in [0.3, 0.4) is 0 Å². The molecule has 0 aliphatic rings. The monoisotopic (exact) mass is 183 g/mol. The molecule has 0 rings (SSSR count). The van der Waals surface area contributed by atoms with E-state index in [9.17, 15) is 0 Å². The van der Waals surface area contributed by atoms with Gasteiger partial charge >= 0.3 is 0 Å². The van der Waals surface area contributed by atoms with Crippen molar-refractivity contribution in [1.82, 2.24) is 5.32 Å². The molecule has 0 aromatic heterocycles. The molecule has 0 amide bonds. The molecule has 1 nitrogen and oxygen atoms in total. The molecule has 0 heterocycles. The molecule has 0 aromatic rings. The Hall–Kier alpha value is -0.300. The maximum atomic E-state index is 3.15. The van der Waals surface area contributed by atoms with Gasteiger partial charge in [-0.2, -0.15) is 0 Å². The van der Waals surface area contributed by atoms with Crippen molar-refractivity contribution in [3.63, 3.8) is 0 Å². The summed E-state index contributed by atoms with van der Waals surface area (Å²) in [6, 6.07) is 0. The number of rotatable bonds is 7. The van der Waals surface area contributed by atoms with E-state index >= 15 is 0 Å². The first kappa shape index (κ1) is 12.7. The normalized spacial score (nSPS) is 12.5. The molecule has 1 N–H and O–H groups in total. The topological polar surface area (TPSA) is 12.0 Å². The van der Waals surface area contributed by atoms with E-state index in [1.807, 2.05) is 7.05 Å². The van der Waals surface area contributed by atoms with E-state index in [1.165, 1.54) is 25.7 Å². The SMILES string of the molecule is CNCCC=C(C)CCCC(C)C. The molecule has 0 saturated carbocycles. The molecule has 0 saturated heterocycles. The molecule has 0 spiro atoms. The summed E-state index contributed by atoms with van der Waals surface area (Å²) in [7, 11) is 2.00. The van der Waals surface area contributed by atoms with Crippen molar-refractivity contribution in [1.29, 1.82) is 0 Å². The van der Waals surface area contributed by atoms with E-state index in [4.69, 9.17) is 0 Å². The summed E-state index contributed by atoms with van der Waals surface area (Å²) >= 11 is 0. The summed E-state index contributed by atoms with van der Waals surface area (Å²) in [6.07, 6.45) is 7.51. The molecule has 0 fully saturated rings. The third-order valence-electron chi connectivity index (χ3n) is 2.24. The number of hydrogen-bond acceptors (Lipinski definition) is 1. The highest BCUT2D eigenvalue weighted by Gasteiger charge is 1.94. The van der Waals surface area contributed by atoms with Crippen LogP contribution in [0.4, 0.5) is 0 Å². The summed E-state index contributed by atoms with van der Waals surface area (Å²) in [5.74, 6) is 0.852. The zero-order valence-electron chi connectivity index (χ0n) is 9.69. The van der Waals surface area contributed by atoms with Gasteiger partial charge in [-0.05, 0) is 45.7 Å². The predicted molar refractivity (Wildman–Crippen MR) is 61.0 cm³/mol. The fourth-order valence-corrected chi connectivity index (χ4v) is 1.35. The average molecular weight is 183 g/mol. The van der Waals surface area contributed by atoms with Gasteiger partial charge in [0.1, 0.15) is 0 Å². The lowest BCUT2D eigenvalue weighted by Crippen LogP contribution is -2.06. The molecule has 1 heteroatoms. The van der Waals surface area contributed by atoms with Crippen LogP contribution in [-0.4, -0.2) is 13.6 Å². The van der Waals surface area contributed by atoms with Crippen molar-refractivity contribution >= 4 is 0 Å². The molecule has 0 atom stereocenters. The minimum absolute atomic E-state index is 0.852. The minimum Gasteiger partial charge on any atom is -0.319 e. The summed E-state index contributed by atoms with van der Waals surface area (Å²) in [4.78, 5) is 0. The molecule has 0 radical (unpaired) electrons. The molecule has 0 aromatic carbocycles. The van der Waals surface area contributed by atoms with Crippen molar-refractivity contribution in [2.24, 2.45) is 5.92 Å². The third kappa shape index (κ3) is 9.62. The standard InChI is InChI=1S/C12H25N/c1-11(2)7-5-8-12(3)9-6-10-13-4/h9,11,13H,5-8,10H2,1-4H3. The minimum atomic E-state index is 0.852. The Balaban J connectivity index is 3.38. The highest BCUT2D eigenvalue weighted by molar-refractivity contribution is 4.97. The van der Waals surface area contributed by atoms with Crippen LogP contribution < -0.4 is 5.32 Å². The van der Waals surface area contributed by atoms with Crippen LogP contribution in [-0.2, 0) is 0 Å². The van der Waals surface area contributed by atoms with Gasteiger partial charge in [-0.3, -0.25) is 0 Å². The number of nitrogens with one attached hydrogen (secondary N) is 1. The van der Waals surface area contributed by atoms with E-state index < -0.39 is 0 Å². The Bertz CT molecular complexity index is 136. The highest BCUT2D eigenvalue weighted by atomic mass is 14.8. The molecule has 0 unspecified atom stereocenters. The van der Waals surface area contributed by atoms with Crippen LogP contribution in [0.5, 0.6) is 0 Å². The van der Waals surface area contributed by atoms with E-state index in [2.05, 4.69) is 32.2 Å². The van der Waals surface area contributed by atoms with E-state index in [0.29, 0.717) is 0 Å². The van der Waals surface area contributed by atoms with E-state index in [1.54, 1.807) is 5.57 Å². The highest BCUT2D eigenvalue weighted by Crippen LogP contribution is 2.11. The molecular formula is C12H25N. The first-order valence-corrected chi connectivity index (χ1v) is 5.47. The van der Waals surface area contributed by atoms with Gasteiger partial charge in [0.15, 0.2) is 0 Å². The fraction of sp³-hybridized carbons (Fsp3) is 0.833. The van der Waals surface area contributed by atoms with Crippen LogP contribution in [0.25, 0.3) is 0 Å². The smallest absolute Gasteiger partial charge is 0.00172 e. The van der Waals surface area contributed by atoms with Crippen molar-refractivity contribution in [3.05, 3.63) is 11.6 Å². The van der Waals surface area contributed by atoms with Crippen LogP contribution >= 0.6 is 0 Å². The van der Waals surface area contributed by atoms with Gasteiger partial charge in [0, 0.05) is 0 Å². The maximum Gasteiger partial charge on any atom is -0.00172 e. The van der Waals surface area contributed by atoms with Crippen molar-refractivity contribution < 1.29 is 0 Å². The van der Waals surface area contributed by atoms with Gasteiger partial charge < -0.3 is 5.32 Å². The van der Waals surface area contributed by atoms with E-state index in [0.717, 1.165) is 12.5 Å². The zero-order valence-corrected chi connectivity index (χ0v) is 9.69. The van der Waals surface area contributed by atoms with Gasteiger partial charge in [0.05, 0.1) is 0 Å². The Morgan fingerprint density at radius 2 is 2.08 bits per heavy atom. The first-order valence-electron chi connectivity index (χ1n) is 5.47. The van der Waals surface area contributed by atoms with Crippen molar-refractivity contribution in [2.45, 2.75) is 46.5 Å². The molecule has 0 aliphatic carbocycles. The summed E-state index contributed by atoms with van der Waals surface area (Å²) in [5, 5.41) is 3.15. The second-order valence-electron chi connectivity index (χ2n) is 4.23. The number of hydrogen-bond donors (Lipinski definition) is 1. The lowest BCUT2D eigenvalue weighted by atomic mass is 10.0.